The lowest BCUT2D eigenvalue weighted by Crippen LogP contribution is -2.19. The van der Waals surface area contributed by atoms with Gasteiger partial charge in [-0.1, -0.05) is 59.2 Å². The third-order valence-electron chi connectivity index (χ3n) is 4.81. The van der Waals surface area contributed by atoms with Gasteiger partial charge in [-0.25, -0.2) is 9.37 Å². The number of pyridine rings is 1. The molecule has 0 saturated carbocycles. The monoisotopic (exact) mass is 474 g/mol. The highest BCUT2D eigenvalue weighted by atomic mass is 35.5. The first kappa shape index (κ1) is 21.6. The Kier molecular flexibility index (Phi) is 6.46. The van der Waals surface area contributed by atoms with Crippen LogP contribution in [0.4, 0.5) is 10.1 Å². The topological polar surface area (TPSA) is 80.4 Å². The highest BCUT2D eigenvalue weighted by Gasteiger charge is 2.29. The minimum absolute atomic E-state index is 0.0720. The maximum absolute atomic E-state index is 14.0. The molecule has 0 radical (unpaired) electrons. The third-order valence-corrected chi connectivity index (χ3v) is 6.22. The molecule has 1 aliphatic rings. The van der Waals surface area contributed by atoms with Crippen LogP contribution in [0.5, 0.6) is 0 Å². The van der Waals surface area contributed by atoms with Crippen molar-refractivity contribution in [2.75, 3.05) is 11.1 Å². The van der Waals surface area contributed by atoms with Gasteiger partial charge in [-0.05, 0) is 41.5 Å². The molecule has 3 aromatic rings. The number of amidine groups is 1. The van der Waals surface area contributed by atoms with Crippen LogP contribution in [-0.4, -0.2) is 27.9 Å². The highest BCUT2D eigenvalue weighted by Crippen LogP contribution is 2.36. The average Bonchev–Trinajstić information content (AvgIpc) is 3.14. The third kappa shape index (κ3) is 5.01. The first-order valence-electron chi connectivity index (χ1n) is 9.34. The molecule has 2 unspecified atom stereocenters. The first-order chi connectivity index (χ1) is 14.9. The van der Waals surface area contributed by atoms with Gasteiger partial charge in [-0.3, -0.25) is 9.79 Å². The summed E-state index contributed by atoms with van der Waals surface area (Å²) in [5.74, 6) is -0.315. The van der Waals surface area contributed by atoms with Gasteiger partial charge in [-0.2, -0.15) is 0 Å². The molecule has 0 spiro atoms. The second-order valence-corrected chi connectivity index (χ2v) is 8.83. The van der Waals surface area contributed by atoms with Crippen molar-refractivity contribution in [3.05, 3.63) is 93.5 Å². The van der Waals surface area contributed by atoms with Gasteiger partial charge in [0.1, 0.15) is 11.5 Å². The zero-order valence-corrected chi connectivity index (χ0v) is 18.4. The van der Waals surface area contributed by atoms with Gasteiger partial charge in [0.25, 0.3) is 5.91 Å². The second-order valence-electron chi connectivity index (χ2n) is 6.94. The summed E-state index contributed by atoms with van der Waals surface area (Å²) in [5, 5.41) is 3.82. The van der Waals surface area contributed by atoms with Crippen LogP contribution in [0.1, 0.15) is 27.5 Å². The number of benzene rings is 2. The largest absolute Gasteiger partial charge is 0.379 e. The summed E-state index contributed by atoms with van der Waals surface area (Å²) in [5.41, 5.74) is 8.18. The van der Waals surface area contributed by atoms with Crippen molar-refractivity contribution in [1.82, 2.24) is 4.98 Å². The zero-order chi connectivity index (χ0) is 22.0. The molecule has 3 N–H and O–H groups in total. The molecule has 1 amide bonds. The van der Waals surface area contributed by atoms with Crippen molar-refractivity contribution in [2.45, 2.75) is 12.0 Å². The molecule has 1 aromatic heterocycles. The van der Waals surface area contributed by atoms with Gasteiger partial charge in [0.2, 0.25) is 0 Å². The molecule has 158 valence electrons. The van der Waals surface area contributed by atoms with Crippen LogP contribution in [-0.2, 0) is 0 Å². The van der Waals surface area contributed by atoms with Crippen LogP contribution in [0.2, 0.25) is 10.0 Å². The van der Waals surface area contributed by atoms with E-state index < -0.39 is 5.91 Å². The van der Waals surface area contributed by atoms with E-state index >= 15 is 0 Å². The predicted molar refractivity (Wildman–Crippen MR) is 125 cm³/mol. The Morgan fingerprint density at radius 2 is 1.90 bits per heavy atom. The van der Waals surface area contributed by atoms with E-state index in [9.17, 15) is 9.18 Å². The fraction of sp³-hybridized carbons (Fsp3) is 0.136. The highest BCUT2D eigenvalue weighted by molar-refractivity contribution is 8.14. The number of amides is 1. The number of aliphatic imine (C=N–C) groups is 1. The maximum Gasteiger partial charge on any atom is 0.275 e. The standard InChI is InChI=1S/C22H17Cl2FN4OS/c23-14-9-17(24)20(27-10-14)21(30)28-16-6-2-4-13(8-16)19(18-11-31-22(26)29-18)12-3-1-5-15(25)7-12/h1-10,18-19H,11H2,(H2,26,29)(H,28,30). The molecule has 4 rings (SSSR count). The van der Waals surface area contributed by atoms with E-state index in [0.717, 1.165) is 11.1 Å². The Morgan fingerprint density at radius 3 is 2.58 bits per heavy atom. The van der Waals surface area contributed by atoms with E-state index in [2.05, 4.69) is 15.3 Å². The van der Waals surface area contributed by atoms with Crippen molar-refractivity contribution in [2.24, 2.45) is 10.7 Å². The van der Waals surface area contributed by atoms with Crippen molar-refractivity contribution in [1.29, 1.82) is 0 Å². The molecule has 2 aromatic carbocycles. The minimum atomic E-state index is -0.459. The number of carbonyl (C=O) groups excluding carboxylic acids is 1. The lowest BCUT2D eigenvalue weighted by molar-refractivity contribution is 0.102. The molecule has 0 aliphatic carbocycles. The summed E-state index contributed by atoms with van der Waals surface area (Å²) in [6.45, 7) is 0. The van der Waals surface area contributed by atoms with E-state index in [0.29, 0.717) is 21.6 Å². The van der Waals surface area contributed by atoms with Crippen molar-refractivity contribution in [3.8, 4) is 0 Å². The van der Waals surface area contributed by atoms with Crippen LogP contribution in [0.15, 0.2) is 65.8 Å². The molecule has 1 aliphatic heterocycles. The van der Waals surface area contributed by atoms with Gasteiger partial charge < -0.3 is 11.1 Å². The molecule has 5 nitrogen and oxygen atoms in total. The molecule has 0 bridgehead atoms. The molecule has 2 heterocycles. The fourth-order valence-corrected chi connectivity index (χ4v) is 4.78. The van der Waals surface area contributed by atoms with E-state index in [1.165, 1.54) is 36.2 Å². The van der Waals surface area contributed by atoms with Crippen molar-refractivity contribution in [3.63, 3.8) is 0 Å². The number of thioether (sulfide) groups is 1. The Morgan fingerprint density at radius 1 is 1.16 bits per heavy atom. The summed E-state index contributed by atoms with van der Waals surface area (Å²) < 4.78 is 14.0. The molecule has 2 atom stereocenters. The zero-order valence-electron chi connectivity index (χ0n) is 16.1. The number of carbonyl (C=O) groups is 1. The van der Waals surface area contributed by atoms with E-state index in [1.54, 1.807) is 12.1 Å². The summed E-state index contributed by atoms with van der Waals surface area (Å²) in [4.78, 5) is 21.2. The number of nitrogens with two attached hydrogens (primary N) is 1. The van der Waals surface area contributed by atoms with Crippen molar-refractivity contribution >= 4 is 51.7 Å². The summed E-state index contributed by atoms with van der Waals surface area (Å²) in [6, 6.07) is 15.1. The molecular weight excluding hydrogens is 458 g/mol. The van der Waals surface area contributed by atoms with Gasteiger partial charge in [-0.15, -0.1) is 0 Å². The van der Waals surface area contributed by atoms with Gasteiger partial charge in [0.05, 0.1) is 16.1 Å². The molecule has 0 fully saturated rings. The Balaban J connectivity index is 1.66. The van der Waals surface area contributed by atoms with Gasteiger partial charge >= 0.3 is 0 Å². The van der Waals surface area contributed by atoms with E-state index in [1.807, 2.05) is 24.3 Å². The van der Waals surface area contributed by atoms with Crippen molar-refractivity contribution < 1.29 is 9.18 Å². The summed E-state index contributed by atoms with van der Waals surface area (Å²) >= 11 is 13.4. The maximum atomic E-state index is 14.0. The number of hydrogen-bond donors (Lipinski definition) is 2. The van der Waals surface area contributed by atoms with Crippen LogP contribution in [0, 0.1) is 5.82 Å². The molecule has 9 heteroatoms. The Labute approximate surface area is 192 Å². The Bertz CT molecular complexity index is 1170. The first-order valence-corrected chi connectivity index (χ1v) is 11.1. The van der Waals surface area contributed by atoms with E-state index in [4.69, 9.17) is 28.9 Å². The van der Waals surface area contributed by atoms with Crippen LogP contribution in [0.3, 0.4) is 0 Å². The quantitative estimate of drug-likeness (QED) is 0.522. The lowest BCUT2D eigenvalue weighted by atomic mass is 9.85. The number of aromatic nitrogens is 1. The number of anilines is 1. The van der Waals surface area contributed by atoms with Gasteiger partial charge in [0, 0.05) is 23.6 Å². The number of nitrogens with one attached hydrogen (secondary N) is 1. The van der Waals surface area contributed by atoms with Gasteiger partial charge in [0.15, 0.2) is 5.17 Å². The minimum Gasteiger partial charge on any atom is -0.379 e. The summed E-state index contributed by atoms with van der Waals surface area (Å²) in [7, 11) is 0. The van der Waals surface area contributed by atoms with Crippen LogP contribution in [0.25, 0.3) is 0 Å². The molecular formula is C22H17Cl2FN4OS. The predicted octanol–water partition coefficient (Wildman–Crippen LogP) is 5.34. The fourth-order valence-electron chi connectivity index (χ4n) is 3.50. The van der Waals surface area contributed by atoms with Crippen LogP contribution >= 0.6 is 35.0 Å². The number of halogens is 3. The second kappa shape index (κ2) is 9.26. The smallest absolute Gasteiger partial charge is 0.275 e. The molecule has 31 heavy (non-hydrogen) atoms. The number of nitrogens with zero attached hydrogens (tertiary/aromatic N) is 2. The lowest BCUT2D eigenvalue weighted by Gasteiger charge is -2.23. The van der Waals surface area contributed by atoms with Crippen LogP contribution < -0.4 is 11.1 Å². The normalized spacial score (nSPS) is 16.6. The summed E-state index contributed by atoms with van der Waals surface area (Å²) in [6.07, 6.45) is 1.36. The number of hydrogen-bond acceptors (Lipinski definition) is 5. The Hall–Kier alpha value is -2.61. The number of rotatable bonds is 5. The van der Waals surface area contributed by atoms with E-state index in [-0.39, 0.29) is 28.5 Å². The average molecular weight is 475 g/mol. The molecule has 0 saturated heterocycles. The SMILES string of the molecule is NC1=NC(C(c2cccc(F)c2)c2cccc(NC(=O)c3ncc(Cl)cc3Cl)c2)CS1.